The molecule has 1 aliphatic carbocycles. The molecule has 1 aliphatic rings. The first-order valence-electron chi connectivity index (χ1n) is 4.69. The van der Waals surface area contributed by atoms with Crippen LogP contribution in [-0.2, 0) is 4.79 Å². The van der Waals surface area contributed by atoms with Gasteiger partial charge in [0.05, 0.1) is 6.54 Å². The standard InChI is InChI=1S/C9H14BrF2NO/c1-6-4-7(6)9(14)13(3-2-10)5-8(11)12/h6-8H,2-5H2,1H3. The quantitative estimate of drug-likeness (QED) is 0.701. The minimum atomic E-state index is -2.44. The molecule has 0 heterocycles. The Bertz CT molecular complexity index is 213. The van der Waals surface area contributed by atoms with E-state index in [4.69, 9.17) is 0 Å². The van der Waals surface area contributed by atoms with Crippen LogP contribution in [0.2, 0.25) is 0 Å². The van der Waals surface area contributed by atoms with Gasteiger partial charge >= 0.3 is 0 Å². The number of hydrogen-bond donors (Lipinski definition) is 0. The van der Waals surface area contributed by atoms with Crippen molar-refractivity contribution in [2.24, 2.45) is 11.8 Å². The molecule has 0 aliphatic heterocycles. The van der Waals surface area contributed by atoms with Gasteiger partial charge < -0.3 is 4.90 Å². The van der Waals surface area contributed by atoms with E-state index in [2.05, 4.69) is 15.9 Å². The summed E-state index contributed by atoms with van der Waals surface area (Å²) in [4.78, 5) is 12.9. The van der Waals surface area contributed by atoms with E-state index in [0.29, 0.717) is 17.8 Å². The highest BCUT2D eigenvalue weighted by molar-refractivity contribution is 9.09. The number of amides is 1. The van der Waals surface area contributed by atoms with Crippen molar-refractivity contribution in [2.45, 2.75) is 19.8 Å². The van der Waals surface area contributed by atoms with E-state index in [1.54, 1.807) is 0 Å². The van der Waals surface area contributed by atoms with Gasteiger partial charge in [-0.1, -0.05) is 22.9 Å². The maximum absolute atomic E-state index is 12.1. The maximum atomic E-state index is 12.1. The predicted molar refractivity (Wildman–Crippen MR) is 53.6 cm³/mol. The molecule has 5 heteroatoms. The van der Waals surface area contributed by atoms with Crippen LogP contribution in [0.4, 0.5) is 8.78 Å². The Morgan fingerprint density at radius 2 is 2.21 bits per heavy atom. The molecule has 14 heavy (non-hydrogen) atoms. The highest BCUT2D eigenvalue weighted by Gasteiger charge is 2.41. The first-order valence-corrected chi connectivity index (χ1v) is 5.81. The van der Waals surface area contributed by atoms with E-state index in [9.17, 15) is 13.6 Å². The fourth-order valence-electron chi connectivity index (χ4n) is 1.46. The summed E-state index contributed by atoms with van der Waals surface area (Å²) in [5.41, 5.74) is 0. The number of halogens is 3. The first kappa shape index (κ1) is 11.9. The van der Waals surface area contributed by atoms with E-state index in [0.717, 1.165) is 6.42 Å². The Labute approximate surface area is 90.8 Å². The summed E-state index contributed by atoms with van der Waals surface area (Å²) in [7, 11) is 0. The monoisotopic (exact) mass is 269 g/mol. The molecule has 1 amide bonds. The SMILES string of the molecule is CC1CC1C(=O)N(CCBr)CC(F)F. The van der Waals surface area contributed by atoms with Gasteiger partial charge in [-0.05, 0) is 12.3 Å². The Morgan fingerprint density at radius 1 is 1.64 bits per heavy atom. The molecule has 2 nitrogen and oxygen atoms in total. The fourth-order valence-corrected chi connectivity index (χ4v) is 1.89. The molecular formula is C9H14BrF2NO. The van der Waals surface area contributed by atoms with Crippen LogP contribution in [0.25, 0.3) is 0 Å². The van der Waals surface area contributed by atoms with E-state index < -0.39 is 13.0 Å². The summed E-state index contributed by atoms with van der Waals surface area (Å²) in [6, 6.07) is 0. The summed E-state index contributed by atoms with van der Waals surface area (Å²) in [5, 5.41) is 0.548. The van der Waals surface area contributed by atoms with Gasteiger partial charge in [-0.25, -0.2) is 8.78 Å². The lowest BCUT2D eigenvalue weighted by Gasteiger charge is -2.21. The Balaban J connectivity index is 2.44. The lowest BCUT2D eigenvalue weighted by Crippen LogP contribution is -2.37. The number of rotatable bonds is 5. The average Bonchev–Trinajstić information content (AvgIpc) is 2.80. The fraction of sp³-hybridized carbons (Fsp3) is 0.889. The van der Waals surface area contributed by atoms with Crippen molar-refractivity contribution in [3.63, 3.8) is 0 Å². The van der Waals surface area contributed by atoms with Crippen molar-refractivity contribution in [3.8, 4) is 0 Å². The zero-order chi connectivity index (χ0) is 10.7. The van der Waals surface area contributed by atoms with Crippen LogP contribution in [0.1, 0.15) is 13.3 Å². The summed E-state index contributed by atoms with van der Waals surface area (Å²) < 4.78 is 24.3. The average molecular weight is 270 g/mol. The summed E-state index contributed by atoms with van der Waals surface area (Å²) in [5.74, 6) is 0.253. The molecule has 1 fully saturated rings. The summed E-state index contributed by atoms with van der Waals surface area (Å²) in [6.07, 6.45) is -1.59. The molecule has 2 unspecified atom stereocenters. The van der Waals surface area contributed by atoms with Crippen molar-refractivity contribution in [2.75, 3.05) is 18.4 Å². The lowest BCUT2D eigenvalue weighted by molar-refractivity contribution is -0.134. The smallest absolute Gasteiger partial charge is 0.255 e. The number of nitrogens with zero attached hydrogens (tertiary/aromatic N) is 1. The van der Waals surface area contributed by atoms with Crippen molar-refractivity contribution < 1.29 is 13.6 Å². The van der Waals surface area contributed by atoms with Crippen LogP contribution in [0.15, 0.2) is 0 Å². The number of carbonyl (C=O) groups excluding carboxylic acids is 1. The molecule has 0 radical (unpaired) electrons. The van der Waals surface area contributed by atoms with Crippen molar-refractivity contribution in [3.05, 3.63) is 0 Å². The molecule has 0 aromatic heterocycles. The highest BCUT2D eigenvalue weighted by atomic mass is 79.9. The number of carbonyl (C=O) groups is 1. The van der Waals surface area contributed by atoms with Crippen molar-refractivity contribution >= 4 is 21.8 Å². The molecule has 2 atom stereocenters. The van der Waals surface area contributed by atoms with Gasteiger partial charge in [-0.3, -0.25) is 4.79 Å². The third kappa shape index (κ3) is 3.19. The zero-order valence-corrected chi connectivity index (χ0v) is 9.64. The molecule has 0 spiro atoms. The number of hydrogen-bond acceptors (Lipinski definition) is 1. The largest absolute Gasteiger partial charge is 0.336 e. The normalized spacial score (nSPS) is 25.2. The van der Waals surface area contributed by atoms with Gasteiger partial charge in [0, 0.05) is 17.8 Å². The van der Waals surface area contributed by atoms with Crippen molar-refractivity contribution in [1.82, 2.24) is 4.90 Å². The van der Waals surface area contributed by atoms with Crippen LogP contribution >= 0.6 is 15.9 Å². The minimum absolute atomic E-state index is 0.00667. The van der Waals surface area contributed by atoms with E-state index in [1.807, 2.05) is 6.92 Å². The van der Waals surface area contributed by atoms with Crippen LogP contribution in [-0.4, -0.2) is 35.7 Å². The van der Waals surface area contributed by atoms with Crippen LogP contribution < -0.4 is 0 Å². The topological polar surface area (TPSA) is 20.3 Å². The number of alkyl halides is 3. The van der Waals surface area contributed by atoms with Crippen molar-refractivity contribution in [1.29, 1.82) is 0 Å². The van der Waals surface area contributed by atoms with E-state index >= 15 is 0 Å². The second kappa shape index (κ2) is 5.05. The second-order valence-corrected chi connectivity index (χ2v) is 4.48. The predicted octanol–water partition coefficient (Wildman–Crippen LogP) is 2.13. The van der Waals surface area contributed by atoms with Gasteiger partial charge in [-0.2, -0.15) is 0 Å². The van der Waals surface area contributed by atoms with Gasteiger partial charge in [0.1, 0.15) is 0 Å². The molecule has 0 aromatic carbocycles. The molecule has 82 valence electrons. The zero-order valence-electron chi connectivity index (χ0n) is 8.05. The van der Waals surface area contributed by atoms with E-state index in [-0.39, 0.29) is 11.8 Å². The molecule has 1 rings (SSSR count). The molecular weight excluding hydrogens is 256 g/mol. The molecule has 0 N–H and O–H groups in total. The summed E-state index contributed by atoms with van der Waals surface area (Å²) in [6.45, 7) is 1.90. The van der Waals surface area contributed by atoms with Crippen LogP contribution in [0, 0.1) is 11.8 Å². The summed E-state index contributed by atoms with van der Waals surface area (Å²) >= 11 is 3.15. The van der Waals surface area contributed by atoms with Crippen LogP contribution in [0.5, 0.6) is 0 Å². The second-order valence-electron chi connectivity index (χ2n) is 3.68. The Kier molecular flexibility index (Phi) is 4.29. The van der Waals surface area contributed by atoms with Gasteiger partial charge in [0.2, 0.25) is 5.91 Å². The van der Waals surface area contributed by atoms with Crippen LogP contribution in [0.3, 0.4) is 0 Å². The maximum Gasteiger partial charge on any atom is 0.255 e. The lowest BCUT2D eigenvalue weighted by atomic mass is 10.3. The van der Waals surface area contributed by atoms with Gasteiger partial charge in [-0.15, -0.1) is 0 Å². The van der Waals surface area contributed by atoms with E-state index in [1.165, 1.54) is 4.90 Å². The third-order valence-corrected chi connectivity index (χ3v) is 2.81. The minimum Gasteiger partial charge on any atom is -0.336 e. The molecule has 0 saturated heterocycles. The Hall–Kier alpha value is -0.190. The molecule has 0 bridgehead atoms. The first-order chi connectivity index (χ1) is 6.56. The van der Waals surface area contributed by atoms with Gasteiger partial charge in [0.15, 0.2) is 0 Å². The third-order valence-electron chi connectivity index (χ3n) is 2.45. The Morgan fingerprint density at radius 3 is 2.57 bits per heavy atom. The van der Waals surface area contributed by atoms with Gasteiger partial charge in [0.25, 0.3) is 6.43 Å². The molecule has 0 aromatic rings. The molecule has 1 saturated carbocycles. The highest BCUT2D eigenvalue weighted by Crippen LogP contribution is 2.39.